The van der Waals surface area contributed by atoms with Crippen LogP contribution >= 0.6 is 22.6 Å². The van der Waals surface area contributed by atoms with E-state index < -0.39 is 11.9 Å². The summed E-state index contributed by atoms with van der Waals surface area (Å²) >= 11 is 2.17. The third-order valence-electron chi connectivity index (χ3n) is 4.96. The zero-order valence-corrected chi connectivity index (χ0v) is 21.7. The summed E-state index contributed by atoms with van der Waals surface area (Å²) in [5.74, 6) is 1.01. The second-order valence-corrected chi connectivity index (χ2v) is 8.63. The number of nitrogens with zero attached hydrogens (tertiary/aromatic N) is 1. The summed E-state index contributed by atoms with van der Waals surface area (Å²) in [6, 6.07) is 19.3. The van der Waals surface area contributed by atoms with E-state index in [0.29, 0.717) is 35.0 Å². The molecule has 0 aliphatic rings. The monoisotopic (exact) mass is 587 g/mol. The van der Waals surface area contributed by atoms with Gasteiger partial charge in [0.15, 0.2) is 11.5 Å². The van der Waals surface area contributed by atoms with Gasteiger partial charge in [0.2, 0.25) is 0 Å². The number of hydrazone groups is 1. The van der Waals surface area contributed by atoms with E-state index in [-0.39, 0.29) is 5.91 Å². The van der Waals surface area contributed by atoms with Gasteiger partial charge in [0.25, 0.3) is 11.8 Å². The summed E-state index contributed by atoms with van der Waals surface area (Å²) in [6.07, 6.45) is 1.50. The Kier molecular flexibility index (Phi) is 9.47. The Labute approximate surface area is 217 Å². The Morgan fingerprint density at radius 2 is 1.74 bits per heavy atom. The molecular weight excluding hydrogens is 561 g/mol. The molecule has 3 rings (SSSR count). The van der Waals surface area contributed by atoms with E-state index >= 15 is 0 Å². The fraction of sp³-hybridized carbons (Fsp3) is 0.192. The molecule has 3 aromatic carbocycles. The average Bonchev–Trinajstić information content (AvgIpc) is 2.88. The molecule has 0 radical (unpaired) electrons. The molecular formula is C26H26IN3O5. The summed E-state index contributed by atoms with van der Waals surface area (Å²) in [5.41, 5.74) is 4.63. The van der Waals surface area contributed by atoms with Gasteiger partial charge in [-0.3, -0.25) is 9.59 Å². The van der Waals surface area contributed by atoms with Crippen LogP contribution in [0, 0.1) is 3.57 Å². The molecule has 1 unspecified atom stereocenters. The Bertz CT molecular complexity index is 1180. The number of methoxy groups -OCH3 is 2. The topological polar surface area (TPSA) is 98.2 Å². The SMILES string of the molecule is COc1ccc(C(=O)NC(C)C(=O)NN=Cc2cc(I)c(OCc3ccccc3)c(OC)c2)cc1. The number of hydrogen-bond acceptors (Lipinski definition) is 6. The molecule has 0 aromatic heterocycles. The number of benzene rings is 3. The molecule has 1 atom stereocenters. The minimum atomic E-state index is -0.787. The first kappa shape index (κ1) is 26.0. The highest BCUT2D eigenvalue weighted by molar-refractivity contribution is 14.1. The Morgan fingerprint density at radius 3 is 2.40 bits per heavy atom. The second-order valence-electron chi connectivity index (χ2n) is 7.47. The van der Waals surface area contributed by atoms with Gasteiger partial charge in [0.05, 0.1) is 24.0 Å². The van der Waals surface area contributed by atoms with Gasteiger partial charge in [0, 0.05) is 5.56 Å². The minimum absolute atomic E-state index is 0.371. The van der Waals surface area contributed by atoms with E-state index in [9.17, 15) is 9.59 Å². The predicted octanol–water partition coefficient (Wildman–Crippen LogP) is 4.16. The smallest absolute Gasteiger partial charge is 0.262 e. The second kappa shape index (κ2) is 12.7. The number of rotatable bonds is 10. The van der Waals surface area contributed by atoms with Crippen molar-refractivity contribution in [3.05, 3.63) is 87.0 Å². The summed E-state index contributed by atoms with van der Waals surface area (Å²) in [7, 11) is 3.11. The van der Waals surface area contributed by atoms with Gasteiger partial charge in [0.1, 0.15) is 18.4 Å². The van der Waals surface area contributed by atoms with Crippen LogP contribution in [-0.4, -0.2) is 38.3 Å². The van der Waals surface area contributed by atoms with Crippen molar-refractivity contribution in [2.75, 3.05) is 14.2 Å². The molecule has 2 amide bonds. The number of nitrogens with one attached hydrogen (secondary N) is 2. The highest BCUT2D eigenvalue weighted by Gasteiger charge is 2.16. The molecule has 0 fully saturated rings. The van der Waals surface area contributed by atoms with E-state index in [0.717, 1.165) is 9.13 Å². The van der Waals surface area contributed by atoms with Crippen molar-refractivity contribution in [3.8, 4) is 17.2 Å². The largest absolute Gasteiger partial charge is 0.497 e. The molecule has 0 spiro atoms. The molecule has 2 N–H and O–H groups in total. The number of halogens is 1. The van der Waals surface area contributed by atoms with Gasteiger partial charge in [-0.05, 0) is 77.0 Å². The fourth-order valence-corrected chi connectivity index (χ4v) is 3.82. The van der Waals surface area contributed by atoms with Crippen molar-refractivity contribution < 1.29 is 23.8 Å². The van der Waals surface area contributed by atoms with Crippen LogP contribution in [0.2, 0.25) is 0 Å². The molecule has 8 nitrogen and oxygen atoms in total. The summed E-state index contributed by atoms with van der Waals surface area (Å²) in [6.45, 7) is 1.99. The van der Waals surface area contributed by atoms with Crippen molar-refractivity contribution in [3.63, 3.8) is 0 Å². The van der Waals surface area contributed by atoms with Crippen molar-refractivity contribution in [1.29, 1.82) is 0 Å². The lowest BCUT2D eigenvalue weighted by molar-refractivity contribution is -0.122. The Hall–Kier alpha value is -3.60. The van der Waals surface area contributed by atoms with E-state index in [1.54, 1.807) is 51.5 Å². The van der Waals surface area contributed by atoms with Crippen molar-refractivity contribution in [2.45, 2.75) is 19.6 Å². The number of ether oxygens (including phenoxy) is 3. The summed E-state index contributed by atoms with van der Waals surface area (Å²) in [4.78, 5) is 24.7. The van der Waals surface area contributed by atoms with Crippen molar-refractivity contribution in [2.24, 2.45) is 5.10 Å². The maximum atomic E-state index is 12.4. The first-order valence-electron chi connectivity index (χ1n) is 10.7. The third kappa shape index (κ3) is 7.44. The first-order valence-corrected chi connectivity index (χ1v) is 11.8. The van der Waals surface area contributed by atoms with Crippen LogP contribution < -0.4 is 25.0 Å². The van der Waals surface area contributed by atoms with Crippen molar-refractivity contribution in [1.82, 2.24) is 10.7 Å². The van der Waals surface area contributed by atoms with Gasteiger partial charge in [-0.15, -0.1) is 0 Å². The fourth-order valence-electron chi connectivity index (χ4n) is 3.04. The van der Waals surface area contributed by atoms with Crippen LogP contribution in [0.25, 0.3) is 0 Å². The molecule has 182 valence electrons. The highest BCUT2D eigenvalue weighted by Crippen LogP contribution is 2.34. The van der Waals surface area contributed by atoms with Crippen LogP contribution in [0.1, 0.15) is 28.4 Å². The molecule has 9 heteroatoms. The zero-order valence-electron chi connectivity index (χ0n) is 19.6. The van der Waals surface area contributed by atoms with Crippen LogP contribution in [0.4, 0.5) is 0 Å². The van der Waals surface area contributed by atoms with Crippen LogP contribution in [0.15, 0.2) is 71.8 Å². The van der Waals surface area contributed by atoms with Gasteiger partial charge >= 0.3 is 0 Å². The lowest BCUT2D eigenvalue weighted by Crippen LogP contribution is -2.43. The molecule has 0 bridgehead atoms. The van der Waals surface area contributed by atoms with E-state index in [1.165, 1.54) is 6.21 Å². The van der Waals surface area contributed by atoms with Crippen LogP contribution in [-0.2, 0) is 11.4 Å². The molecule has 0 saturated carbocycles. The lowest BCUT2D eigenvalue weighted by Gasteiger charge is -2.14. The summed E-state index contributed by atoms with van der Waals surface area (Å²) < 4.78 is 17.4. The first-order chi connectivity index (χ1) is 16.9. The molecule has 0 aliphatic carbocycles. The minimum Gasteiger partial charge on any atom is -0.497 e. The molecule has 0 saturated heterocycles. The van der Waals surface area contributed by atoms with E-state index in [2.05, 4.69) is 38.4 Å². The van der Waals surface area contributed by atoms with E-state index in [1.807, 2.05) is 36.4 Å². The van der Waals surface area contributed by atoms with Gasteiger partial charge in [-0.2, -0.15) is 5.10 Å². The van der Waals surface area contributed by atoms with Crippen molar-refractivity contribution >= 4 is 40.6 Å². The van der Waals surface area contributed by atoms with Gasteiger partial charge in [-0.25, -0.2) is 5.43 Å². The maximum Gasteiger partial charge on any atom is 0.262 e. The molecule has 3 aromatic rings. The normalized spacial score (nSPS) is 11.5. The molecule has 35 heavy (non-hydrogen) atoms. The number of carbonyl (C=O) groups excluding carboxylic acids is 2. The standard InChI is InChI=1S/C26H26IN3O5/c1-17(29-26(32)20-9-11-21(33-2)12-10-20)25(31)30-28-15-19-13-22(27)24(23(14-19)34-3)35-16-18-7-5-4-6-8-18/h4-15,17H,16H2,1-3H3,(H,29,32)(H,30,31). The third-order valence-corrected chi connectivity index (χ3v) is 5.76. The highest BCUT2D eigenvalue weighted by atomic mass is 127. The molecule has 0 aliphatic heterocycles. The van der Waals surface area contributed by atoms with Gasteiger partial charge in [-0.1, -0.05) is 30.3 Å². The Balaban J connectivity index is 1.57. The van der Waals surface area contributed by atoms with Gasteiger partial charge < -0.3 is 19.5 Å². The summed E-state index contributed by atoms with van der Waals surface area (Å²) in [5, 5.41) is 6.65. The zero-order chi connectivity index (χ0) is 25.2. The number of amides is 2. The predicted molar refractivity (Wildman–Crippen MR) is 142 cm³/mol. The van der Waals surface area contributed by atoms with Crippen LogP contribution in [0.5, 0.6) is 17.2 Å². The maximum absolute atomic E-state index is 12.4. The lowest BCUT2D eigenvalue weighted by atomic mass is 10.2. The number of hydrogen-bond donors (Lipinski definition) is 2. The number of carbonyl (C=O) groups is 2. The quantitative estimate of drug-likeness (QED) is 0.211. The average molecular weight is 587 g/mol. The molecule has 0 heterocycles. The Morgan fingerprint density at radius 1 is 1.03 bits per heavy atom. The van der Waals surface area contributed by atoms with E-state index in [4.69, 9.17) is 14.2 Å². The van der Waals surface area contributed by atoms with Crippen LogP contribution in [0.3, 0.4) is 0 Å².